The van der Waals surface area contributed by atoms with Crippen LogP contribution in [0.25, 0.3) is 0 Å². The van der Waals surface area contributed by atoms with E-state index in [1.165, 1.54) is 0 Å². The van der Waals surface area contributed by atoms with Crippen LogP contribution in [0, 0.1) is 12.3 Å². The number of hydrogen-bond acceptors (Lipinski definition) is 2. The van der Waals surface area contributed by atoms with Gasteiger partial charge in [0.05, 0.1) is 7.11 Å². The van der Waals surface area contributed by atoms with Gasteiger partial charge in [-0.15, -0.1) is 0 Å². The number of carbonyl (C=O) groups excluding carboxylic acids is 1. The van der Waals surface area contributed by atoms with Crippen molar-refractivity contribution >= 4 is 5.91 Å². The molecule has 0 aliphatic carbocycles. The van der Waals surface area contributed by atoms with E-state index in [0.717, 1.165) is 17.7 Å². The van der Waals surface area contributed by atoms with Gasteiger partial charge in [0, 0.05) is 11.1 Å². The van der Waals surface area contributed by atoms with Crippen molar-refractivity contribution in [1.82, 2.24) is 5.32 Å². The molecule has 0 radical (unpaired) electrons. The molecular weight excluding hydrogens is 250 g/mol. The number of aryl methyl sites for hydroxylation is 1. The number of nitrogens with one attached hydrogen (secondary N) is 1. The summed E-state index contributed by atoms with van der Waals surface area (Å²) in [5.41, 5.74) is 1.58. The Bertz CT molecular complexity index is 484. The average molecular weight is 277 g/mol. The Hall–Kier alpha value is -1.51. The summed E-state index contributed by atoms with van der Waals surface area (Å²) >= 11 is 0. The van der Waals surface area contributed by atoms with Crippen LogP contribution in [0.5, 0.6) is 5.75 Å². The monoisotopic (exact) mass is 277 g/mol. The van der Waals surface area contributed by atoms with Crippen molar-refractivity contribution in [1.29, 1.82) is 0 Å². The highest BCUT2D eigenvalue weighted by atomic mass is 16.5. The normalized spacial score (nSPS) is 12.2. The van der Waals surface area contributed by atoms with Crippen molar-refractivity contribution in [3.05, 3.63) is 29.3 Å². The molecule has 3 heteroatoms. The van der Waals surface area contributed by atoms with Gasteiger partial charge in [0.2, 0.25) is 0 Å². The third-order valence-electron chi connectivity index (χ3n) is 3.08. The molecule has 0 saturated heterocycles. The number of rotatable bonds is 4. The Balaban J connectivity index is 2.83. The van der Waals surface area contributed by atoms with Crippen molar-refractivity contribution < 1.29 is 9.53 Å². The van der Waals surface area contributed by atoms with Crippen LogP contribution in [0.1, 0.15) is 57.0 Å². The lowest BCUT2D eigenvalue weighted by Crippen LogP contribution is -2.45. The van der Waals surface area contributed by atoms with Gasteiger partial charge in [-0.25, -0.2) is 0 Å². The first-order valence-corrected chi connectivity index (χ1v) is 7.01. The predicted octanol–water partition coefficient (Wildman–Crippen LogP) is 3.95. The van der Waals surface area contributed by atoms with Crippen LogP contribution < -0.4 is 10.1 Å². The Morgan fingerprint density at radius 2 is 1.80 bits per heavy atom. The number of methoxy groups -OCH3 is 1. The topological polar surface area (TPSA) is 38.3 Å². The molecule has 0 saturated carbocycles. The number of amides is 1. The third-order valence-corrected chi connectivity index (χ3v) is 3.08. The number of ether oxygens (including phenoxy) is 1. The zero-order valence-electron chi connectivity index (χ0n) is 13.8. The molecule has 20 heavy (non-hydrogen) atoms. The van der Waals surface area contributed by atoms with E-state index in [2.05, 4.69) is 39.9 Å². The van der Waals surface area contributed by atoms with Gasteiger partial charge < -0.3 is 10.1 Å². The fraction of sp³-hybridized carbons (Fsp3) is 0.588. The molecule has 1 rings (SSSR count). The maximum absolute atomic E-state index is 12.3. The number of carbonyl (C=O) groups is 1. The second-order valence-electron chi connectivity index (χ2n) is 7.26. The molecule has 0 unspecified atom stereocenters. The smallest absolute Gasteiger partial charge is 0.251 e. The van der Waals surface area contributed by atoms with E-state index in [-0.39, 0.29) is 16.9 Å². The van der Waals surface area contributed by atoms with Crippen LogP contribution in [-0.4, -0.2) is 18.6 Å². The Morgan fingerprint density at radius 3 is 2.25 bits per heavy atom. The van der Waals surface area contributed by atoms with Crippen molar-refractivity contribution in [2.45, 2.75) is 53.5 Å². The highest BCUT2D eigenvalue weighted by molar-refractivity contribution is 5.95. The first-order chi connectivity index (χ1) is 9.04. The van der Waals surface area contributed by atoms with Crippen molar-refractivity contribution in [2.24, 2.45) is 5.41 Å². The Kier molecular flexibility index (Phi) is 4.85. The molecule has 0 spiro atoms. The lowest BCUT2D eigenvalue weighted by atomic mass is 9.81. The predicted molar refractivity (Wildman–Crippen MR) is 83.3 cm³/mol. The van der Waals surface area contributed by atoms with Crippen LogP contribution >= 0.6 is 0 Å². The number of benzene rings is 1. The second kappa shape index (κ2) is 5.86. The fourth-order valence-electron chi connectivity index (χ4n) is 2.77. The highest BCUT2D eigenvalue weighted by Gasteiger charge is 2.27. The lowest BCUT2D eigenvalue weighted by molar-refractivity contribution is 0.0891. The molecule has 0 aliphatic rings. The molecule has 0 fully saturated rings. The summed E-state index contributed by atoms with van der Waals surface area (Å²) in [6.07, 6.45) is 0.918. The van der Waals surface area contributed by atoms with E-state index >= 15 is 0 Å². The standard InChI is InChI=1S/C17H27NO2/c1-12-10-13(8-9-14(12)20-7)15(19)18-17(5,6)11-16(2,3)4/h8-10H,11H2,1-7H3,(H,18,19). The molecule has 0 aromatic heterocycles. The summed E-state index contributed by atoms with van der Waals surface area (Å²) < 4.78 is 5.21. The SMILES string of the molecule is COc1ccc(C(=O)NC(C)(C)CC(C)(C)C)cc1C. The summed E-state index contributed by atoms with van der Waals surface area (Å²) in [7, 11) is 1.63. The lowest BCUT2D eigenvalue weighted by Gasteiger charge is -2.33. The zero-order chi connectivity index (χ0) is 15.6. The summed E-state index contributed by atoms with van der Waals surface area (Å²) in [6.45, 7) is 12.6. The molecule has 1 amide bonds. The maximum Gasteiger partial charge on any atom is 0.251 e. The Morgan fingerprint density at radius 1 is 1.20 bits per heavy atom. The molecule has 0 aliphatic heterocycles. The van der Waals surface area contributed by atoms with Crippen molar-refractivity contribution in [3.8, 4) is 5.75 Å². The van der Waals surface area contributed by atoms with E-state index in [0.29, 0.717) is 5.56 Å². The Labute approximate surface area is 122 Å². The van der Waals surface area contributed by atoms with Gasteiger partial charge in [0.1, 0.15) is 5.75 Å². The van der Waals surface area contributed by atoms with Crippen LogP contribution in [0.15, 0.2) is 18.2 Å². The van der Waals surface area contributed by atoms with Gasteiger partial charge in [-0.2, -0.15) is 0 Å². The van der Waals surface area contributed by atoms with Gasteiger partial charge in [-0.3, -0.25) is 4.79 Å². The molecule has 0 bridgehead atoms. The van der Waals surface area contributed by atoms with Crippen LogP contribution in [0.4, 0.5) is 0 Å². The first-order valence-electron chi connectivity index (χ1n) is 7.01. The molecule has 1 aromatic carbocycles. The molecule has 3 nitrogen and oxygen atoms in total. The number of hydrogen-bond donors (Lipinski definition) is 1. The van der Waals surface area contributed by atoms with Crippen molar-refractivity contribution in [2.75, 3.05) is 7.11 Å². The molecular formula is C17H27NO2. The van der Waals surface area contributed by atoms with E-state index in [4.69, 9.17) is 4.74 Å². The molecule has 1 aromatic rings. The van der Waals surface area contributed by atoms with E-state index in [9.17, 15) is 4.79 Å². The largest absolute Gasteiger partial charge is 0.496 e. The molecule has 0 heterocycles. The van der Waals surface area contributed by atoms with Crippen LogP contribution in [0.3, 0.4) is 0 Å². The van der Waals surface area contributed by atoms with Gasteiger partial charge in [0.15, 0.2) is 0 Å². The van der Waals surface area contributed by atoms with Gasteiger partial charge in [-0.05, 0) is 56.4 Å². The van der Waals surface area contributed by atoms with Gasteiger partial charge in [-0.1, -0.05) is 20.8 Å². The first kappa shape index (κ1) is 16.5. The molecule has 1 N–H and O–H groups in total. The van der Waals surface area contributed by atoms with Crippen LogP contribution in [0.2, 0.25) is 0 Å². The van der Waals surface area contributed by atoms with Gasteiger partial charge >= 0.3 is 0 Å². The van der Waals surface area contributed by atoms with E-state index in [1.807, 2.05) is 19.1 Å². The molecule has 112 valence electrons. The average Bonchev–Trinajstić information content (AvgIpc) is 2.24. The minimum Gasteiger partial charge on any atom is -0.496 e. The van der Waals surface area contributed by atoms with Gasteiger partial charge in [0.25, 0.3) is 5.91 Å². The molecule has 0 atom stereocenters. The van der Waals surface area contributed by atoms with E-state index in [1.54, 1.807) is 13.2 Å². The zero-order valence-corrected chi connectivity index (χ0v) is 13.8. The fourth-order valence-corrected chi connectivity index (χ4v) is 2.77. The quantitative estimate of drug-likeness (QED) is 0.905. The summed E-state index contributed by atoms with van der Waals surface area (Å²) in [6, 6.07) is 5.50. The van der Waals surface area contributed by atoms with E-state index < -0.39 is 0 Å². The summed E-state index contributed by atoms with van der Waals surface area (Å²) in [4.78, 5) is 12.3. The summed E-state index contributed by atoms with van der Waals surface area (Å²) in [5, 5.41) is 3.11. The highest BCUT2D eigenvalue weighted by Crippen LogP contribution is 2.27. The van der Waals surface area contributed by atoms with Crippen molar-refractivity contribution in [3.63, 3.8) is 0 Å². The minimum absolute atomic E-state index is 0.0370. The maximum atomic E-state index is 12.3. The van der Waals surface area contributed by atoms with Crippen LogP contribution in [-0.2, 0) is 0 Å². The summed E-state index contributed by atoms with van der Waals surface area (Å²) in [5.74, 6) is 0.764. The minimum atomic E-state index is -0.233. The third kappa shape index (κ3) is 4.87. The second-order valence-corrected chi connectivity index (χ2v) is 7.26.